The molecule has 1 rings (SSSR count). The summed E-state index contributed by atoms with van der Waals surface area (Å²) >= 11 is 0. The molecule has 0 aromatic carbocycles. The molecule has 9 nitrogen and oxygen atoms in total. The molecule has 354 valence electrons. The Hall–Kier alpha value is -1.33. The Kier molecular flexibility index (Phi) is 40.6. The Morgan fingerprint density at radius 2 is 0.917 bits per heavy atom. The summed E-state index contributed by atoms with van der Waals surface area (Å²) in [6.45, 7) is 4.58. The van der Waals surface area contributed by atoms with Gasteiger partial charge in [-0.3, -0.25) is 4.79 Å². The number of esters is 1. The summed E-state index contributed by atoms with van der Waals surface area (Å²) in [5.41, 5.74) is 0. The lowest BCUT2D eigenvalue weighted by molar-refractivity contribution is -0.305. The molecule has 0 aromatic heterocycles. The van der Waals surface area contributed by atoms with E-state index < -0.39 is 43.4 Å². The molecule has 0 aromatic rings. The van der Waals surface area contributed by atoms with E-state index in [-0.39, 0.29) is 19.2 Å². The molecule has 0 radical (unpaired) electrons. The second-order valence-electron chi connectivity index (χ2n) is 17.6. The molecule has 1 fully saturated rings. The van der Waals surface area contributed by atoms with E-state index in [2.05, 4.69) is 38.2 Å². The summed E-state index contributed by atoms with van der Waals surface area (Å²) in [7, 11) is 0. The molecule has 1 aliphatic heterocycles. The van der Waals surface area contributed by atoms with E-state index in [9.17, 15) is 25.2 Å². The highest BCUT2D eigenvalue weighted by molar-refractivity contribution is 5.69. The third-order valence-electron chi connectivity index (χ3n) is 11.8. The van der Waals surface area contributed by atoms with Gasteiger partial charge in [0.1, 0.15) is 30.5 Å². The summed E-state index contributed by atoms with van der Waals surface area (Å²) in [6.07, 6.45) is 43.5. The van der Waals surface area contributed by atoms with Gasteiger partial charge in [-0.2, -0.15) is 0 Å². The number of ether oxygens (including phenoxy) is 4. The van der Waals surface area contributed by atoms with E-state index in [4.69, 9.17) is 18.9 Å². The zero-order valence-electron chi connectivity index (χ0n) is 39.0. The highest BCUT2D eigenvalue weighted by atomic mass is 16.7. The zero-order chi connectivity index (χ0) is 43.6. The molecule has 0 amide bonds. The van der Waals surface area contributed by atoms with E-state index in [1.165, 1.54) is 180 Å². The predicted octanol–water partition coefficient (Wildman–Crippen LogP) is 12.1. The minimum absolute atomic E-state index is 0.113. The van der Waals surface area contributed by atoms with Gasteiger partial charge in [-0.15, -0.1) is 0 Å². The van der Waals surface area contributed by atoms with Gasteiger partial charge in [0.25, 0.3) is 0 Å². The monoisotopic (exact) mass is 853 g/mol. The largest absolute Gasteiger partial charge is 0.457 e. The van der Waals surface area contributed by atoms with Gasteiger partial charge in [-0.25, -0.2) is 0 Å². The first kappa shape index (κ1) is 56.7. The van der Waals surface area contributed by atoms with Crippen LogP contribution < -0.4 is 0 Å². The Labute approximate surface area is 368 Å². The number of hydrogen-bond donors (Lipinski definition) is 4. The molecule has 6 atom stereocenters. The Morgan fingerprint density at radius 1 is 0.517 bits per heavy atom. The maximum Gasteiger partial charge on any atom is 0.306 e. The first-order valence-corrected chi connectivity index (χ1v) is 25.4. The van der Waals surface area contributed by atoms with Gasteiger partial charge in [0.2, 0.25) is 0 Å². The van der Waals surface area contributed by atoms with Crippen molar-refractivity contribution < 1.29 is 44.2 Å². The average Bonchev–Trinajstić information content (AvgIpc) is 3.25. The van der Waals surface area contributed by atoms with Crippen LogP contribution >= 0.6 is 0 Å². The van der Waals surface area contributed by atoms with Crippen LogP contribution in [0.5, 0.6) is 0 Å². The van der Waals surface area contributed by atoms with Crippen LogP contribution in [0.25, 0.3) is 0 Å². The third-order valence-corrected chi connectivity index (χ3v) is 11.8. The molecule has 60 heavy (non-hydrogen) atoms. The van der Waals surface area contributed by atoms with Crippen LogP contribution in [0.2, 0.25) is 0 Å². The molecule has 1 aliphatic rings. The first-order valence-electron chi connectivity index (χ1n) is 25.4. The highest BCUT2D eigenvalue weighted by Gasteiger charge is 2.44. The molecule has 0 spiro atoms. The number of carbonyl (C=O) groups excluding carboxylic acids is 1. The van der Waals surface area contributed by atoms with Crippen molar-refractivity contribution in [2.75, 3.05) is 26.4 Å². The standard InChI is InChI=1S/C51H96O9/c1-3-5-7-9-11-13-15-17-19-21-23-25-27-29-31-33-35-37-39-41-57-43-45(44-58-51-50(56)49(55)48(54)46(42-52)60-51)59-47(53)40-38-36-34-32-30-28-26-24-22-20-18-16-14-12-10-8-6-4-2/h19-22,45-46,48-52,54-56H,3-18,23-44H2,1-2H3/b21-19-,22-20-. The van der Waals surface area contributed by atoms with Crippen molar-refractivity contribution in [3.63, 3.8) is 0 Å². The minimum atomic E-state index is -1.54. The molecular weight excluding hydrogens is 757 g/mol. The van der Waals surface area contributed by atoms with Crippen LogP contribution in [0.3, 0.4) is 0 Å². The van der Waals surface area contributed by atoms with E-state index in [0.29, 0.717) is 13.0 Å². The van der Waals surface area contributed by atoms with Gasteiger partial charge in [-0.1, -0.05) is 186 Å². The molecule has 1 heterocycles. The summed E-state index contributed by atoms with van der Waals surface area (Å²) in [5.74, 6) is -0.316. The Bertz CT molecular complexity index is 972. The molecule has 9 heteroatoms. The summed E-state index contributed by atoms with van der Waals surface area (Å²) in [6, 6.07) is 0. The summed E-state index contributed by atoms with van der Waals surface area (Å²) in [4.78, 5) is 12.8. The van der Waals surface area contributed by atoms with Gasteiger partial charge in [0, 0.05) is 13.0 Å². The molecule has 6 unspecified atom stereocenters. The molecule has 0 aliphatic carbocycles. The van der Waals surface area contributed by atoms with Crippen molar-refractivity contribution in [1.29, 1.82) is 0 Å². The van der Waals surface area contributed by atoms with Crippen molar-refractivity contribution in [2.24, 2.45) is 0 Å². The van der Waals surface area contributed by atoms with Gasteiger partial charge in [0.15, 0.2) is 6.29 Å². The minimum Gasteiger partial charge on any atom is -0.457 e. The molecule has 1 saturated heterocycles. The van der Waals surface area contributed by atoms with E-state index in [1.807, 2.05) is 0 Å². The van der Waals surface area contributed by atoms with Gasteiger partial charge in [0.05, 0.1) is 19.8 Å². The SMILES string of the molecule is CCCCCCCCC/C=C\CCCCCCCCCCOCC(COC1OC(CO)C(O)C(O)C1O)OC(=O)CCCCCCCCC/C=C\CCCCCCCCC. The topological polar surface area (TPSA) is 135 Å². The Balaban J connectivity index is 2.21. The van der Waals surface area contributed by atoms with Crippen LogP contribution in [-0.4, -0.2) is 89.6 Å². The van der Waals surface area contributed by atoms with Crippen molar-refractivity contribution in [2.45, 2.75) is 269 Å². The van der Waals surface area contributed by atoms with Crippen LogP contribution in [0.1, 0.15) is 232 Å². The van der Waals surface area contributed by atoms with Gasteiger partial charge in [-0.05, 0) is 64.2 Å². The number of aliphatic hydroxyl groups is 4. The van der Waals surface area contributed by atoms with Crippen LogP contribution in [0.15, 0.2) is 24.3 Å². The van der Waals surface area contributed by atoms with E-state index in [1.54, 1.807) is 0 Å². The van der Waals surface area contributed by atoms with Crippen molar-refractivity contribution >= 4 is 5.97 Å². The second-order valence-corrected chi connectivity index (χ2v) is 17.6. The smallest absolute Gasteiger partial charge is 0.306 e. The maximum atomic E-state index is 12.8. The fourth-order valence-corrected chi connectivity index (χ4v) is 7.84. The fraction of sp³-hybridized carbons (Fsp3) is 0.902. The number of hydrogen-bond acceptors (Lipinski definition) is 9. The lowest BCUT2D eigenvalue weighted by Crippen LogP contribution is -2.59. The van der Waals surface area contributed by atoms with Crippen molar-refractivity contribution in [3.05, 3.63) is 24.3 Å². The lowest BCUT2D eigenvalue weighted by atomic mass is 9.99. The lowest BCUT2D eigenvalue weighted by Gasteiger charge is -2.39. The molecule has 4 N–H and O–H groups in total. The quantitative estimate of drug-likeness (QED) is 0.0268. The summed E-state index contributed by atoms with van der Waals surface area (Å²) in [5, 5.41) is 40.2. The molecular formula is C51H96O9. The van der Waals surface area contributed by atoms with Gasteiger partial charge < -0.3 is 39.4 Å². The zero-order valence-corrected chi connectivity index (χ0v) is 39.0. The van der Waals surface area contributed by atoms with Crippen LogP contribution in [-0.2, 0) is 23.7 Å². The first-order chi connectivity index (χ1) is 29.4. The molecule has 0 bridgehead atoms. The number of allylic oxidation sites excluding steroid dienone is 4. The molecule has 0 saturated carbocycles. The van der Waals surface area contributed by atoms with Crippen molar-refractivity contribution in [3.8, 4) is 0 Å². The second kappa shape index (κ2) is 42.9. The number of unbranched alkanes of at least 4 members (excludes halogenated alkanes) is 29. The van der Waals surface area contributed by atoms with Gasteiger partial charge >= 0.3 is 5.97 Å². The predicted molar refractivity (Wildman–Crippen MR) is 247 cm³/mol. The Morgan fingerprint density at radius 3 is 1.35 bits per heavy atom. The summed E-state index contributed by atoms with van der Waals surface area (Å²) < 4.78 is 22.9. The number of aliphatic hydroxyl groups excluding tert-OH is 4. The number of rotatable bonds is 44. The maximum absolute atomic E-state index is 12.8. The third kappa shape index (κ3) is 33.3. The average molecular weight is 853 g/mol. The fourth-order valence-electron chi connectivity index (χ4n) is 7.84. The van der Waals surface area contributed by atoms with Crippen molar-refractivity contribution in [1.82, 2.24) is 0 Å². The normalized spacial score (nSPS) is 20.1. The van der Waals surface area contributed by atoms with E-state index in [0.717, 1.165) is 32.1 Å². The van der Waals surface area contributed by atoms with E-state index >= 15 is 0 Å². The van der Waals surface area contributed by atoms with Crippen LogP contribution in [0.4, 0.5) is 0 Å². The van der Waals surface area contributed by atoms with Crippen LogP contribution in [0, 0.1) is 0 Å². The number of carbonyl (C=O) groups is 1. The highest BCUT2D eigenvalue weighted by Crippen LogP contribution is 2.23.